The SMILES string of the molecule is O=C(Nc1cccc(Oc2ccncc2)c1)c1ccc(NCI)cc1. The Bertz CT molecular complexity index is 839. The molecule has 3 aromatic rings. The van der Waals surface area contributed by atoms with Crippen molar-refractivity contribution in [2.75, 3.05) is 15.2 Å². The van der Waals surface area contributed by atoms with Crippen LogP contribution in [0.15, 0.2) is 73.1 Å². The van der Waals surface area contributed by atoms with Crippen LogP contribution in [0.25, 0.3) is 0 Å². The van der Waals surface area contributed by atoms with Gasteiger partial charge in [-0.15, -0.1) is 0 Å². The maximum absolute atomic E-state index is 12.4. The highest BCUT2D eigenvalue weighted by Gasteiger charge is 2.07. The number of nitrogens with one attached hydrogen (secondary N) is 2. The summed E-state index contributed by atoms with van der Waals surface area (Å²) in [6.45, 7) is 0. The fraction of sp³-hybridized carbons (Fsp3) is 0.0526. The third-order valence-electron chi connectivity index (χ3n) is 3.40. The minimum absolute atomic E-state index is 0.165. The second-order valence-corrected chi connectivity index (χ2v) is 5.92. The Morgan fingerprint density at radius 1 is 0.960 bits per heavy atom. The molecule has 126 valence electrons. The Kier molecular flexibility index (Phi) is 5.84. The summed E-state index contributed by atoms with van der Waals surface area (Å²) in [7, 11) is 0. The van der Waals surface area contributed by atoms with Gasteiger partial charge in [0.15, 0.2) is 0 Å². The molecule has 3 rings (SSSR count). The first-order chi connectivity index (χ1) is 12.2. The number of rotatable bonds is 6. The maximum Gasteiger partial charge on any atom is 0.255 e. The first-order valence-corrected chi connectivity index (χ1v) is 9.16. The van der Waals surface area contributed by atoms with Gasteiger partial charge >= 0.3 is 0 Å². The zero-order valence-corrected chi connectivity index (χ0v) is 15.4. The second-order valence-electron chi connectivity index (χ2n) is 5.15. The van der Waals surface area contributed by atoms with Crippen molar-refractivity contribution in [3.8, 4) is 11.5 Å². The Labute approximate surface area is 159 Å². The molecule has 0 fully saturated rings. The number of nitrogens with zero attached hydrogens (tertiary/aromatic N) is 1. The number of hydrogen-bond donors (Lipinski definition) is 2. The first-order valence-electron chi connectivity index (χ1n) is 7.64. The van der Waals surface area contributed by atoms with Gasteiger partial charge in [0.05, 0.1) is 4.55 Å². The van der Waals surface area contributed by atoms with Crippen molar-refractivity contribution >= 4 is 39.9 Å². The molecule has 0 aliphatic carbocycles. The van der Waals surface area contributed by atoms with Gasteiger partial charge < -0.3 is 15.4 Å². The van der Waals surface area contributed by atoms with E-state index in [-0.39, 0.29) is 5.91 Å². The van der Waals surface area contributed by atoms with Crippen LogP contribution in [0.3, 0.4) is 0 Å². The first kappa shape index (κ1) is 17.2. The molecule has 0 aliphatic rings. The minimum atomic E-state index is -0.165. The standard InChI is InChI=1S/C19H16IN3O2/c20-13-22-15-6-4-14(5-7-15)19(24)23-16-2-1-3-18(12-16)25-17-8-10-21-11-9-17/h1-12,22H,13H2,(H,23,24). The molecule has 1 amide bonds. The smallest absolute Gasteiger partial charge is 0.255 e. The van der Waals surface area contributed by atoms with E-state index in [9.17, 15) is 4.79 Å². The van der Waals surface area contributed by atoms with Crippen LogP contribution in [0, 0.1) is 0 Å². The van der Waals surface area contributed by atoms with E-state index in [0.29, 0.717) is 22.7 Å². The molecule has 0 atom stereocenters. The summed E-state index contributed by atoms with van der Waals surface area (Å²) in [5.74, 6) is 1.17. The number of carbonyl (C=O) groups is 1. The van der Waals surface area contributed by atoms with Crippen molar-refractivity contribution in [1.29, 1.82) is 0 Å². The Morgan fingerprint density at radius 3 is 2.44 bits per heavy atom. The number of anilines is 2. The number of pyridine rings is 1. The average Bonchev–Trinajstić information content (AvgIpc) is 2.64. The van der Waals surface area contributed by atoms with Gasteiger partial charge in [0.1, 0.15) is 11.5 Å². The van der Waals surface area contributed by atoms with Gasteiger partial charge in [0, 0.05) is 35.4 Å². The second kappa shape index (κ2) is 8.48. The van der Waals surface area contributed by atoms with E-state index in [1.54, 1.807) is 42.7 Å². The quantitative estimate of drug-likeness (QED) is 0.321. The van der Waals surface area contributed by atoms with Crippen LogP contribution in [0.1, 0.15) is 10.4 Å². The Balaban J connectivity index is 1.68. The van der Waals surface area contributed by atoms with Crippen LogP contribution >= 0.6 is 22.6 Å². The summed E-state index contributed by atoms with van der Waals surface area (Å²) >= 11 is 2.23. The van der Waals surface area contributed by atoms with E-state index in [2.05, 4.69) is 38.2 Å². The van der Waals surface area contributed by atoms with Crippen LogP contribution in [-0.4, -0.2) is 15.4 Å². The summed E-state index contributed by atoms with van der Waals surface area (Å²) in [5, 5.41) is 6.07. The lowest BCUT2D eigenvalue weighted by Crippen LogP contribution is -2.11. The summed E-state index contributed by atoms with van der Waals surface area (Å²) in [6.07, 6.45) is 3.33. The number of amides is 1. The van der Waals surface area contributed by atoms with Gasteiger partial charge in [-0.3, -0.25) is 9.78 Å². The zero-order chi connectivity index (χ0) is 17.5. The summed E-state index contributed by atoms with van der Waals surface area (Å²) in [5.41, 5.74) is 2.25. The molecule has 0 spiro atoms. The lowest BCUT2D eigenvalue weighted by Gasteiger charge is -2.09. The van der Waals surface area contributed by atoms with E-state index in [1.165, 1.54) is 0 Å². The number of alkyl halides is 1. The molecule has 0 unspecified atom stereocenters. The third kappa shape index (κ3) is 4.93. The van der Waals surface area contributed by atoms with Crippen LogP contribution in [-0.2, 0) is 0 Å². The van der Waals surface area contributed by atoms with Gasteiger partial charge in [-0.2, -0.15) is 0 Å². The number of carbonyl (C=O) groups excluding carboxylic acids is 1. The molecule has 0 saturated carbocycles. The molecule has 1 heterocycles. The molecule has 1 aromatic heterocycles. The number of aromatic nitrogens is 1. The predicted octanol–water partition coefficient (Wildman–Crippen LogP) is 4.93. The molecule has 0 bridgehead atoms. The lowest BCUT2D eigenvalue weighted by atomic mass is 10.2. The van der Waals surface area contributed by atoms with Gasteiger partial charge in [-0.05, 0) is 48.5 Å². The molecule has 5 nitrogen and oxygen atoms in total. The van der Waals surface area contributed by atoms with Crippen molar-refractivity contribution in [3.63, 3.8) is 0 Å². The van der Waals surface area contributed by atoms with E-state index < -0.39 is 0 Å². The van der Waals surface area contributed by atoms with E-state index in [0.717, 1.165) is 10.2 Å². The molecular weight excluding hydrogens is 429 g/mol. The Hall–Kier alpha value is -2.61. The van der Waals surface area contributed by atoms with Crippen LogP contribution < -0.4 is 15.4 Å². The summed E-state index contributed by atoms with van der Waals surface area (Å²) in [4.78, 5) is 16.3. The molecule has 6 heteroatoms. The molecule has 0 aliphatic heterocycles. The van der Waals surface area contributed by atoms with E-state index >= 15 is 0 Å². The van der Waals surface area contributed by atoms with Crippen LogP contribution in [0.4, 0.5) is 11.4 Å². The van der Waals surface area contributed by atoms with Crippen LogP contribution in [0.5, 0.6) is 11.5 Å². The fourth-order valence-corrected chi connectivity index (χ4v) is 2.64. The molecule has 2 N–H and O–H groups in total. The lowest BCUT2D eigenvalue weighted by molar-refractivity contribution is 0.102. The van der Waals surface area contributed by atoms with Crippen molar-refractivity contribution in [3.05, 3.63) is 78.6 Å². The van der Waals surface area contributed by atoms with Gasteiger partial charge in [0.2, 0.25) is 0 Å². The average molecular weight is 445 g/mol. The molecule has 25 heavy (non-hydrogen) atoms. The van der Waals surface area contributed by atoms with Crippen molar-refractivity contribution < 1.29 is 9.53 Å². The highest BCUT2D eigenvalue weighted by Crippen LogP contribution is 2.24. The third-order valence-corrected chi connectivity index (χ3v) is 3.78. The highest BCUT2D eigenvalue weighted by molar-refractivity contribution is 14.1. The van der Waals surface area contributed by atoms with E-state index in [1.807, 2.05) is 30.3 Å². The molecule has 2 aromatic carbocycles. The fourth-order valence-electron chi connectivity index (χ4n) is 2.20. The van der Waals surface area contributed by atoms with Crippen molar-refractivity contribution in [2.45, 2.75) is 0 Å². The predicted molar refractivity (Wildman–Crippen MR) is 108 cm³/mol. The summed E-state index contributed by atoms with van der Waals surface area (Å²) < 4.78 is 6.56. The normalized spacial score (nSPS) is 10.1. The Morgan fingerprint density at radius 2 is 1.72 bits per heavy atom. The number of hydrogen-bond acceptors (Lipinski definition) is 4. The molecule has 0 saturated heterocycles. The number of benzene rings is 2. The zero-order valence-electron chi connectivity index (χ0n) is 13.3. The van der Waals surface area contributed by atoms with Crippen molar-refractivity contribution in [1.82, 2.24) is 4.98 Å². The molecular formula is C19H16IN3O2. The van der Waals surface area contributed by atoms with Crippen LogP contribution in [0.2, 0.25) is 0 Å². The number of ether oxygens (including phenoxy) is 1. The highest BCUT2D eigenvalue weighted by atomic mass is 127. The topological polar surface area (TPSA) is 63.2 Å². The van der Waals surface area contributed by atoms with Gasteiger partial charge in [-0.1, -0.05) is 28.7 Å². The number of halogens is 1. The summed E-state index contributed by atoms with van der Waals surface area (Å²) in [6, 6.07) is 18.2. The van der Waals surface area contributed by atoms with Crippen molar-refractivity contribution in [2.24, 2.45) is 0 Å². The maximum atomic E-state index is 12.4. The molecule has 0 radical (unpaired) electrons. The minimum Gasteiger partial charge on any atom is -0.457 e. The largest absolute Gasteiger partial charge is 0.457 e. The van der Waals surface area contributed by atoms with Gasteiger partial charge in [0.25, 0.3) is 5.91 Å². The monoisotopic (exact) mass is 445 g/mol. The van der Waals surface area contributed by atoms with Gasteiger partial charge in [-0.25, -0.2) is 0 Å². The van der Waals surface area contributed by atoms with E-state index in [4.69, 9.17) is 4.74 Å².